The normalized spacial score (nSPS) is 19.4. The number of hydrogen-bond acceptors (Lipinski definition) is 3. The predicted molar refractivity (Wildman–Crippen MR) is 130 cm³/mol. The summed E-state index contributed by atoms with van der Waals surface area (Å²) in [5.74, 6) is 2.03. The second-order valence-electron chi connectivity index (χ2n) is 9.55. The Bertz CT molecular complexity index is 840. The van der Waals surface area contributed by atoms with Crippen molar-refractivity contribution in [2.45, 2.75) is 63.3 Å². The number of hydrogen-bond donors (Lipinski definition) is 1. The molecule has 0 bridgehead atoms. The summed E-state index contributed by atoms with van der Waals surface area (Å²) in [6.45, 7) is 3.05. The molecule has 1 saturated carbocycles. The lowest BCUT2D eigenvalue weighted by molar-refractivity contribution is -0.126. The summed E-state index contributed by atoms with van der Waals surface area (Å²) in [7, 11) is 1.76. The van der Waals surface area contributed by atoms with Crippen LogP contribution in [-0.4, -0.2) is 43.6 Å². The molecular formula is C28H38N2O2. The maximum Gasteiger partial charge on any atom is 0.223 e. The van der Waals surface area contributed by atoms with Gasteiger partial charge in [-0.3, -0.25) is 4.79 Å². The van der Waals surface area contributed by atoms with E-state index in [-0.39, 0.29) is 17.9 Å². The monoisotopic (exact) mass is 434 g/mol. The van der Waals surface area contributed by atoms with Crippen molar-refractivity contribution in [3.05, 3.63) is 65.7 Å². The van der Waals surface area contributed by atoms with E-state index in [1.165, 1.54) is 30.4 Å². The zero-order chi connectivity index (χ0) is 22.2. The lowest BCUT2D eigenvalue weighted by Crippen LogP contribution is -2.48. The maximum absolute atomic E-state index is 13.0. The first-order valence-corrected chi connectivity index (χ1v) is 12.4. The van der Waals surface area contributed by atoms with Crippen molar-refractivity contribution in [1.29, 1.82) is 0 Å². The van der Waals surface area contributed by atoms with Gasteiger partial charge < -0.3 is 15.0 Å². The van der Waals surface area contributed by atoms with Crippen molar-refractivity contribution in [3.8, 4) is 5.75 Å². The maximum atomic E-state index is 13.0. The van der Waals surface area contributed by atoms with Gasteiger partial charge >= 0.3 is 0 Å². The van der Waals surface area contributed by atoms with Crippen LogP contribution in [0.4, 0.5) is 0 Å². The van der Waals surface area contributed by atoms with Crippen LogP contribution in [0.25, 0.3) is 0 Å². The fourth-order valence-corrected chi connectivity index (χ4v) is 5.49. The van der Waals surface area contributed by atoms with Gasteiger partial charge in [-0.2, -0.15) is 0 Å². The van der Waals surface area contributed by atoms with Gasteiger partial charge in [0.2, 0.25) is 5.91 Å². The molecule has 4 nitrogen and oxygen atoms in total. The average Bonchev–Trinajstić information content (AvgIpc) is 2.85. The molecule has 1 aliphatic heterocycles. The van der Waals surface area contributed by atoms with Gasteiger partial charge in [-0.1, -0.05) is 67.8 Å². The molecule has 0 aromatic heterocycles. The minimum Gasteiger partial charge on any atom is -0.496 e. The minimum atomic E-state index is 0.162. The molecule has 1 atom stereocenters. The fourth-order valence-electron chi connectivity index (χ4n) is 5.49. The summed E-state index contributed by atoms with van der Waals surface area (Å²) in [6, 6.07) is 19.2. The average molecular weight is 435 g/mol. The van der Waals surface area contributed by atoms with Gasteiger partial charge in [0.05, 0.1) is 7.11 Å². The summed E-state index contributed by atoms with van der Waals surface area (Å²) in [4.78, 5) is 15.5. The van der Waals surface area contributed by atoms with Crippen LogP contribution < -0.4 is 10.1 Å². The Kier molecular flexibility index (Phi) is 8.22. The van der Waals surface area contributed by atoms with Crippen LogP contribution in [0, 0.1) is 5.92 Å². The Labute approximate surface area is 193 Å². The van der Waals surface area contributed by atoms with Gasteiger partial charge in [-0.05, 0) is 68.3 Å². The third-order valence-corrected chi connectivity index (χ3v) is 7.29. The molecule has 4 heteroatoms. The lowest BCUT2D eigenvalue weighted by atomic mass is 9.88. The number of benzene rings is 2. The molecule has 1 saturated heterocycles. The van der Waals surface area contributed by atoms with E-state index >= 15 is 0 Å². The lowest BCUT2D eigenvalue weighted by Gasteiger charge is -2.35. The van der Waals surface area contributed by atoms with Crippen molar-refractivity contribution < 1.29 is 9.53 Å². The summed E-state index contributed by atoms with van der Waals surface area (Å²) in [5, 5.41) is 3.44. The highest BCUT2D eigenvalue weighted by Crippen LogP contribution is 2.34. The number of rotatable bonds is 8. The highest BCUT2D eigenvalue weighted by molar-refractivity contribution is 5.79. The Morgan fingerprint density at radius 2 is 1.66 bits per heavy atom. The van der Waals surface area contributed by atoms with Crippen LogP contribution in [0.2, 0.25) is 0 Å². The fraction of sp³-hybridized carbons (Fsp3) is 0.536. The Balaban J connectivity index is 1.36. The quantitative estimate of drug-likeness (QED) is 0.622. The number of likely N-dealkylation sites (tertiary alicyclic amines) is 1. The molecule has 0 unspecified atom stereocenters. The number of ether oxygens (including phenoxy) is 1. The molecule has 4 rings (SSSR count). The zero-order valence-corrected chi connectivity index (χ0v) is 19.5. The summed E-state index contributed by atoms with van der Waals surface area (Å²) >= 11 is 0. The Hall–Kier alpha value is -2.33. The number of piperidine rings is 1. The molecule has 32 heavy (non-hydrogen) atoms. The van der Waals surface area contributed by atoms with Crippen molar-refractivity contribution in [3.63, 3.8) is 0 Å². The predicted octanol–water partition coefficient (Wildman–Crippen LogP) is 5.18. The molecular weight excluding hydrogens is 396 g/mol. The van der Waals surface area contributed by atoms with E-state index in [2.05, 4.69) is 58.7 Å². The van der Waals surface area contributed by atoms with Crippen molar-refractivity contribution in [2.75, 3.05) is 26.7 Å². The molecule has 1 aliphatic carbocycles. The molecule has 1 amide bonds. The second-order valence-corrected chi connectivity index (χ2v) is 9.55. The highest BCUT2D eigenvalue weighted by Gasteiger charge is 2.27. The number of para-hydroxylation sites is 1. The summed E-state index contributed by atoms with van der Waals surface area (Å²) in [5.41, 5.74) is 2.63. The largest absolute Gasteiger partial charge is 0.496 e. The van der Waals surface area contributed by atoms with Gasteiger partial charge in [-0.15, -0.1) is 0 Å². The summed E-state index contributed by atoms with van der Waals surface area (Å²) in [6.07, 6.45) is 8.92. The van der Waals surface area contributed by atoms with E-state index < -0.39 is 0 Å². The van der Waals surface area contributed by atoms with Crippen molar-refractivity contribution >= 4 is 5.91 Å². The first-order chi connectivity index (χ1) is 15.7. The second kappa shape index (κ2) is 11.5. The van der Waals surface area contributed by atoms with Gasteiger partial charge in [0.25, 0.3) is 0 Å². The van der Waals surface area contributed by atoms with Crippen LogP contribution in [0.3, 0.4) is 0 Å². The third kappa shape index (κ3) is 6.13. The summed E-state index contributed by atoms with van der Waals surface area (Å²) < 4.78 is 5.60. The molecule has 2 aliphatic rings. The van der Waals surface area contributed by atoms with E-state index in [1.807, 2.05) is 6.07 Å². The number of carbonyl (C=O) groups excluding carboxylic acids is 1. The molecule has 2 aromatic carbocycles. The molecule has 2 aromatic rings. The van der Waals surface area contributed by atoms with Crippen molar-refractivity contribution in [1.82, 2.24) is 10.2 Å². The highest BCUT2D eigenvalue weighted by atomic mass is 16.5. The smallest absolute Gasteiger partial charge is 0.223 e. The van der Waals surface area contributed by atoms with Crippen LogP contribution in [0.5, 0.6) is 5.75 Å². The van der Waals surface area contributed by atoms with E-state index in [4.69, 9.17) is 4.74 Å². The third-order valence-electron chi connectivity index (χ3n) is 7.29. The van der Waals surface area contributed by atoms with Gasteiger partial charge in [-0.25, -0.2) is 0 Å². The topological polar surface area (TPSA) is 41.6 Å². The van der Waals surface area contributed by atoms with Gasteiger partial charge in [0.1, 0.15) is 5.75 Å². The molecule has 172 valence electrons. The number of nitrogens with zero attached hydrogens (tertiary/aromatic N) is 1. The molecule has 1 heterocycles. The van der Waals surface area contributed by atoms with Crippen molar-refractivity contribution in [2.24, 2.45) is 5.92 Å². The SMILES string of the molecule is COc1ccccc1C1CCN(C[C@@H](Cc2ccccc2)NC(=O)C2CCCCC2)CC1. The first-order valence-electron chi connectivity index (χ1n) is 12.4. The van der Waals surface area contributed by atoms with Crippen LogP contribution in [0.15, 0.2) is 54.6 Å². The van der Waals surface area contributed by atoms with E-state index in [9.17, 15) is 4.79 Å². The molecule has 2 fully saturated rings. The van der Waals surface area contributed by atoms with Gasteiger partial charge in [0, 0.05) is 18.5 Å². The van der Waals surface area contributed by atoms with E-state index in [0.29, 0.717) is 5.92 Å². The molecule has 0 spiro atoms. The van der Waals surface area contributed by atoms with Crippen LogP contribution in [0.1, 0.15) is 62.0 Å². The van der Waals surface area contributed by atoms with Crippen LogP contribution >= 0.6 is 0 Å². The number of amides is 1. The Morgan fingerprint density at radius 3 is 2.38 bits per heavy atom. The number of nitrogens with one attached hydrogen (secondary N) is 1. The first kappa shape index (κ1) is 22.8. The minimum absolute atomic E-state index is 0.162. The zero-order valence-electron chi connectivity index (χ0n) is 19.5. The van der Waals surface area contributed by atoms with Crippen LogP contribution in [-0.2, 0) is 11.2 Å². The van der Waals surface area contributed by atoms with E-state index in [1.54, 1.807) is 7.11 Å². The molecule has 0 radical (unpaired) electrons. The Morgan fingerprint density at radius 1 is 0.969 bits per heavy atom. The molecule has 1 N–H and O–H groups in total. The number of methoxy groups -OCH3 is 1. The van der Waals surface area contributed by atoms with Gasteiger partial charge in [0.15, 0.2) is 0 Å². The van der Waals surface area contributed by atoms with E-state index in [0.717, 1.165) is 57.5 Å². The standard InChI is InChI=1S/C28H38N2O2/c1-32-27-15-9-8-14-26(27)23-16-18-30(19-17-23)21-25(20-22-10-4-2-5-11-22)29-28(31)24-12-6-3-7-13-24/h2,4-5,8-11,14-15,23-25H,3,6-7,12-13,16-21H2,1H3,(H,29,31)/t25-/m1/s1. The number of carbonyl (C=O) groups is 1.